The number of aliphatic hydroxyl groups excluding tert-OH is 1. The third kappa shape index (κ3) is 4.36. The van der Waals surface area contributed by atoms with Crippen LogP contribution in [0.15, 0.2) is 41.5 Å². The molecule has 31 heavy (non-hydrogen) atoms. The van der Waals surface area contributed by atoms with Gasteiger partial charge in [0.25, 0.3) is 0 Å². The van der Waals surface area contributed by atoms with E-state index in [-0.39, 0.29) is 35.6 Å². The lowest BCUT2D eigenvalue weighted by molar-refractivity contribution is -0.382. The van der Waals surface area contributed by atoms with Gasteiger partial charge in [-0.25, -0.2) is 4.63 Å². The second kappa shape index (κ2) is 9.76. The summed E-state index contributed by atoms with van der Waals surface area (Å²) in [5, 5.41) is 31.4. The summed E-state index contributed by atoms with van der Waals surface area (Å²) < 4.78 is 15.7. The molecule has 0 unspecified atom stereocenters. The fraction of sp³-hybridized carbons (Fsp3) is 0.300. The zero-order valence-electron chi connectivity index (χ0n) is 17.2. The SMILES string of the molecule is C=CCN(Cc1cccc(OC)c1OC)c1cc(NCCO)c([N+](=O)[O-])c2nonc12. The molecule has 164 valence electrons. The molecule has 0 aliphatic carbocycles. The number of aromatic nitrogens is 2. The molecule has 0 radical (unpaired) electrons. The Kier molecular flexibility index (Phi) is 6.88. The summed E-state index contributed by atoms with van der Waals surface area (Å²) in [6.45, 7) is 4.52. The first-order chi connectivity index (χ1) is 15.0. The van der Waals surface area contributed by atoms with E-state index in [1.165, 1.54) is 0 Å². The van der Waals surface area contributed by atoms with Crippen LogP contribution in [0.1, 0.15) is 5.56 Å². The monoisotopic (exact) mass is 429 g/mol. The lowest BCUT2D eigenvalue weighted by Crippen LogP contribution is -2.24. The van der Waals surface area contributed by atoms with Gasteiger partial charge in [0.2, 0.25) is 5.52 Å². The molecule has 0 bridgehead atoms. The Labute approximate surface area is 178 Å². The summed E-state index contributed by atoms with van der Waals surface area (Å²) in [6, 6.07) is 7.13. The molecule has 0 saturated heterocycles. The molecular formula is C20H23N5O6. The minimum Gasteiger partial charge on any atom is -0.493 e. The first-order valence-corrected chi connectivity index (χ1v) is 9.39. The summed E-state index contributed by atoms with van der Waals surface area (Å²) in [7, 11) is 3.12. The third-order valence-electron chi connectivity index (χ3n) is 4.64. The number of methoxy groups -OCH3 is 2. The summed E-state index contributed by atoms with van der Waals surface area (Å²) in [5.74, 6) is 1.16. The highest BCUT2D eigenvalue weighted by Gasteiger charge is 2.28. The number of nitro groups is 1. The van der Waals surface area contributed by atoms with E-state index in [1.807, 2.05) is 17.0 Å². The van der Waals surface area contributed by atoms with Crippen LogP contribution in [-0.2, 0) is 6.54 Å². The lowest BCUT2D eigenvalue weighted by Gasteiger charge is -2.25. The second-order valence-corrected chi connectivity index (χ2v) is 6.48. The molecule has 0 atom stereocenters. The number of hydrogen-bond acceptors (Lipinski definition) is 10. The van der Waals surface area contributed by atoms with Crippen molar-refractivity contribution < 1.29 is 24.1 Å². The largest absolute Gasteiger partial charge is 0.493 e. The maximum atomic E-state index is 11.7. The van der Waals surface area contributed by atoms with Gasteiger partial charge in [0.15, 0.2) is 17.0 Å². The molecule has 2 aromatic carbocycles. The Balaban J connectivity index is 2.15. The van der Waals surface area contributed by atoms with Gasteiger partial charge in [-0.05, 0) is 22.4 Å². The first kappa shape index (κ1) is 21.8. The smallest absolute Gasteiger partial charge is 0.323 e. The molecule has 0 aliphatic heterocycles. The van der Waals surface area contributed by atoms with Crippen molar-refractivity contribution in [3.05, 3.63) is 52.6 Å². The number of benzene rings is 2. The van der Waals surface area contributed by atoms with Crippen LogP contribution in [0.5, 0.6) is 11.5 Å². The van der Waals surface area contributed by atoms with Crippen LogP contribution in [0.3, 0.4) is 0 Å². The predicted octanol–water partition coefficient (Wildman–Crippen LogP) is 2.75. The zero-order chi connectivity index (χ0) is 22.4. The fourth-order valence-corrected chi connectivity index (χ4v) is 3.35. The van der Waals surface area contributed by atoms with Crippen LogP contribution in [0.4, 0.5) is 17.1 Å². The van der Waals surface area contributed by atoms with Crippen molar-refractivity contribution in [3.8, 4) is 11.5 Å². The van der Waals surface area contributed by atoms with Gasteiger partial charge in [-0.3, -0.25) is 10.1 Å². The highest BCUT2D eigenvalue weighted by atomic mass is 16.6. The normalized spacial score (nSPS) is 10.7. The highest BCUT2D eigenvalue weighted by Crippen LogP contribution is 2.40. The topological polar surface area (TPSA) is 136 Å². The van der Waals surface area contributed by atoms with Crippen molar-refractivity contribution in [1.29, 1.82) is 0 Å². The maximum Gasteiger partial charge on any atom is 0.323 e. The van der Waals surface area contributed by atoms with Crippen molar-refractivity contribution >= 4 is 28.1 Å². The van der Waals surface area contributed by atoms with Crippen molar-refractivity contribution in [2.45, 2.75) is 6.54 Å². The molecule has 2 N–H and O–H groups in total. The Morgan fingerprint density at radius 2 is 2.10 bits per heavy atom. The van der Waals surface area contributed by atoms with E-state index >= 15 is 0 Å². The van der Waals surface area contributed by atoms with Crippen LogP contribution in [0.2, 0.25) is 0 Å². The van der Waals surface area contributed by atoms with Gasteiger partial charge in [-0.15, -0.1) is 6.58 Å². The van der Waals surface area contributed by atoms with Crippen molar-refractivity contribution in [2.75, 3.05) is 44.1 Å². The Morgan fingerprint density at radius 3 is 2.74 bits per heavy atom. The van der Waals surface area contributed by atoms with Gasteiger partial charge in [0, 0.05) is 25.2 Å². The van der Waals surface area contributed by atoms with Crippen LogP contribution in [-0.4, -0.2) is 54.3 Å². The van der Waals surface area contributed by atoms with Gasteiger partial charge >= 0.3 is 5.69 Å². The predicted molar refractivity (Wildman–Crippen MR) is 115 cm³/mol. The number of rotatable bonds is 11. The van der Waals surface area contributed by atoms with E-state index in [0.29, 0.717) is 30.3 Å². The molecule has 11 heteroatoms. The van der Waals surface area contributed by atoms with Crippen LogP contribution >= 0.6 is 0 Å². The average Bonchev–Trinajstić information content (AvgIpc) is 3.25. The average molecular weight is 429 g/mol. The number of para-hydroxylation sites is 1. The summed E-state index contributed by atoms with van der Waals surface area (Å²) >= 11 is 0. The number of ether oxygens (including phenoxy) is 2. The Morgan fingerprint density at radius 1 is 1.32 bits per heavy atom. The minimum absolute atomic E-state index is 0.00890. The second-order valence-electron chi connectivity index (χ2n) is 6.48. The van der Waals surface area contributed by atoms with Gasteiger partial charge < -0.3 is 24.8 Å². The number of hydrogen-bond donors (Lipinski definition) is 2. The standard InChI is InChI=1S/C20H23N5O6/c1-4-9-24(12-13-6-5-7-16(29-2)20(13)30-3)15-11-14(21-8-10-26)19(25(27)28)18-17(15)22-31-23-18/h4-7,11,21,26H,1,8-10,12H2,2-3H3. The molecule has 11 nitrogen and oxygen atoms in total. The quantitative estimate of drug-likeness (QED) is 0.266. The number of nitrogens with zero attached hydrogens (tertiary/aromatic N) is 4. The molecular weight excluding hydrogens is 406 g/mol. The third-order valence-corrected chi connectivity index (χ3v) is 4.64. The zero-order valence-corrected chi connectivity index (χ0v) is 17.2. The molecule has 0 spiro atoms. The molecule has 3 rings (SSSR count). The van der Waals surface area contributed by atoms with E-state index in [4.69, 9.17) is 19.2 Å². The Hall–Kier alpha value is -3.86. The van der Waals surface area contributed by atoms with Gasteiger partial charge in [-0.2, -0.15) is 0 Å². The number of nitro benzene ring substituents is 1. The Bertz CT molecular complexity index is 1080. The summed E-state index contributed by atoms with van der Waals surface area (Å²) in [5.41, 5.74) is 1.55. The number of anilines is 2. The first-order valence-electron chi connectivity index (χ1n) is 9.39. The van der Waals surface area contributed by atoms with Gasteiger partial charge in [0.05, 0.1) is 31.4 Å². The maximum absolute atomic E-state index is 11.7. The minimum atomic E-state index is -0.557. The summed E-state index contributed by atoms with van der Waals surface area (Å²) in [4.78, 5) is 13.0. The van der Waals surface area contributed by atoms with Crippen molar-refractivity contribution in [1.82, 2.24) is 10.3 Å². The number of nitrogens with one attached hydrogen (secondary N) is 1. The van der Waals surface area contributed by atoms with Crippen LogP contribution in [0.25, 0.3) is 11.0 Å². The molecule has 1 heterocycles. The van der Waals surface area contributed by atoms with E-state index in [0.717, 1.165) is 5.56 Å². The highest BCUT2D eigenvalue weighted by molar-refractivity contribution is 5.99. The molecule has 3 aromatic rings. The number of aliphatic hydroxyl groups is 1. The van der Waals surface area contributed by atoms with E-state index in [1.54, 1.807) is 32.4 Å². The van der Waals surface area contributed by atoms with Crippen molar-refractivity contribution in [3.63, 3.8) is 0 Å². The van der Waals surface area contributed by atoms with E-state index in [9.17, 15) is 10.1 Å². The van der Waals surface area contributed by atoms with Gasteiger partial charge in [0.1, 0.15) is 5.69 Å². The van der Waals surface area contributed by atoms with Gasteiger partial charge in [-0.1, -0.05) is 18.2 Å². The lowest BCUT2D eigenvalue weighted by atomic mass is 10.1. The number of fused-ring (bicyclic) bond motifs is 1. The summed E-state index contributed by atoms with van der Waals surface area (Å²) in [6.07, 6.45) is 1.70. The van der Waals surface area contributed by atoms with E-state index < -0.39 is 4.92 Å². The fourth-order valence-electron chi connectivity index (χ4n) is 3.35. The molecule has 0 amide bonds. The molecule has 0 saturated carbocycles. The van der Waals surface area contributed by atoms with Crippen LogP contribution < -0.4 is 19.7 Å². The van der Waals surface area contributed by atoms with Crippen LogP contribution in [0, 0.1) is 10.1 Å². The molecule has 1 aromatic heterocycles. The molecule has 0 fully saturated rings. The van der Waals surface area contributed by atoms with Crippen molar-refractivity contribution in [2.24, 2.45) is 0 Å². The van der Waals surface area contributed by atoms with E-state index in [2.05, 4.69) is 22.2 Å². The molecule has 0 aliphatic rings.